The molecule has 1 fully saturated rings. The lowest BCUT2D eigenvalue weighted by molar-refractivity contribution is -0.146. The second-order valence-electron chi connectivity index (χ2n) is 5.30. The van der Waals surface area contributed by atoms with Crippen LogP contribution >= 0.6 is 0 Å². The van der Waals surface area contributed by atoms with Crippen molar-refractivity contribution < 1.29 is 9.90 Å². The number of aryl methyl sites for hydroxylation is 1. The van der Waals surface area contributed by atoms with Crippen molar-refractivity contribution in [1.29, 1.82) is 0 Å². The summed E-state index contributed by atoms with van der Waals surface area (Å²) in [7, 11) is 0. The summed E-state index contributed by atoms with van der Waals surface area (Å²) in [5, 5.41) is 13.0. The Kier molecular flexibility index (Phi) is 4.24. The SMILES string of the molecule is CCCNC(Cn1ccnc1CC)(C(=O)O)C1CC1. The fourth-order valence-electron chi connectivity index (χ4n) is 2.64. The number of hydrogen-bond donors (Lipinski definition) is 2. The monoisotopic (exact) mass is 265 g/mol. The van der Waals surface area contributed by atoms with Gasteiger partial charge in [-0.25, -0.2) is 4.98 Å². The first-order chi connectivity index (χ1) is 9.14. The molecule has 1 unspecified atom stereocenters. The molecule has 1 aliphatic carbocycles. The van der Waals surface area contributed by atoms with Gasteiger partial charge in [0.1, 0.15) is 11.4 Å². The third-order valence-corrected chi connectivity index (χ3v) is 3.88. The van der Waals surface area contributed by atoms with Crippen molar-refractivity contribution in [2.45, 2.75) is 51.6 Å². The molecule has 0 aromatic carbocycles. The van der Waals surface area contributed by atoms with E-state index in [0.29, 0.717) is 6.54 Å². The molecule has 0 spiro atoms. The van der Waals surface area contributed by atoms with Crippen molar-refractivity contribution in [1.82, 2.24) is 14.9 Å². The maximum absolute atomic E-state index is 11.8. The van der Waals surface area contributed by atoms with E-state index in [1.54, 1.807) is 6.20 Å². The molecule has 1 aromatic heterocycles. The van der Waals surface area contributed by atoms with Gasteiger partial charge < -0.3 is 15.0 Å². The minimum atomic E-state index is -0.833. The van der Waals surface area contributed by atoms with Crippen LogP contribution < -0.4 is 5.32 Å². The minimum Gasteiger partial charge on any atom is -0.480 e. The van der Waals surface area contributed by atoms with Gasteiger partial charge in [0.05, 0.1) is 6.54 Å². The Hall–Kier alpha value is -1.36. The molecule has 0 aliphatic heterocycles. The predicted molar refractivity (Wildman–Crippen MR) is 73.0 cm³/mol. The third-order valence-electron chi connectivity index (χ3n) is 3.88. The van der Waals surface area contributed by atoms with Crippen LogP contribution in [0.5, 0.6) is 0 Å². The van der Waals surface area contributed by atoms with Gasteiger partial charge >= 0.3 is 5.97 Å². The van der Waals surface area contributed by atoms with Crippen LogP contribution in [0.2, 0.25) is 0 Å². The summed E-state index contributed by atoms with van der Waals surface area (Å²) in [6, 6.07) is 0. The summed E-state index contributed by atoms with van der Waals surface area (Å²) in [4.78, 5) is 16.1. The molecule has 106 valence electrons. The molecule has 19 heavy (non-hydrogen) atoms. The van der Waals surface area contributed by atoms with Crippen molar-refractivity contribution in [2.24, 2.45) is 5.92 Å². The van der Waals surface area contributed by atoms with Crippen LogP contribution in [0.15, 0.2) is 12.4 Å². The minimum absolute atomic E-state index is 0.239. The first-order valence-electron chi connectivity index (χ1n) is 7.12. The lowest BCUT2D eigenvalue weighted by Gasteiger charge is -2.31. The van der Waals surface area contributed by atoms with E-state index >= 15 is 0 Å². The number of rotatable bonds is 8. The van der Waals surface area contributed by atoms with Gasteiger partial charge in [-0.2, -0.15) is 0 Å². The van der Waals surface area contributed by atoms with Gasteiger partial charge in [0.25, 0.3) is 0 Å². The average Bonchev–Trinajstić information content (AvgIpc) is 3.15. The number of aromatic nitrogens is 2. The number of carbonyl (C=O) groups is 1. The zero-order chi connectivity index (χ0) is 13.9. The van der Waals surface area contributed by atoms with E-state index in [1.165, 1.54) is 0 Å². The summed E-state index contributed by atoms with van der Waals surface area (Å²) < 4.78 is 1.98. The first kappa shape index (κ1) is 14.1. The molecule has 1 saturated carbocycles. The van der Waals surface area contributed by atoms with Gasteiger partial charge in [-0.3, -0.25) is 4.79 Å². The second-order valence-corrected chi connectivity index (χ2v) is 5.30. The van der Waals surface area contributed by atoms with Gasteiger partial charge in [-0.05, 0) is 31.7 Å². The van der Waals surface area contributed by atoms with E-state index < -0.39 is 11.5 Å². The fraction of sp³-hybridized carbons (Fsp3) is 0.714. The van der Waals surface area contributed by atoms with Crippen molar-refractivity contribution in [3.05, 3.63) is 18.2 Å². The highest BCUT2D eigenvalue weighted by Gasteiger charge is 2.51. The second kappa shape index (κ2) is 5.74. The smallest absolute Gasteiger partial charge is 0.326 e. The molecule has 1 heterocycles. The van der Waals surface area contributed by atoms with Gasteiger partial charge in [0.15, 0.2) is 0 Å². The number of hydrogen-bond acceptors (Lipinski definition) is 3. The van der Waals surface area contributed by atoms with E-state index in [1.807, 2.05) is 17.7 Å². The molecule has 2 N–H and O–H groups in total. The van der Waals surface area contributed by atoms with Crippen LogP contribution in [0.1, 0.15) is 38.9 Å². The lowest BCUT2D eigenvalue weighted by Crippen LogP contribution is -2.57. The van der Waals surface area contributed by atoms with Gasteiger partial charge in [-0.1, -0.05) is 13.8 Å². The topological polar surface area (TPSA) is 67.2 Å². The number of nitrogens with zero attached hydrogens (tertiary/aromatic N) is 2. The molecule has 1 aliphatic rings. The van der Waals surface area contributed by atoms with Crippen LogP contribution in [0, 0.1) is 5.92 Å². The van der Waals surface area contributed by atoms with Crippen LogP contribution in [0.3, 0.4) is 0 Å². The summed E-state index contributed by atoms with van der Waals surface area (Å²) in [5.41, 5.74) is -0.833. The highest BCUT2D eigenvalue weighted by molar-refractivity contribution is 5.79. The predicted octanol–water partition coefficient (Wildman–Crippen LogP) is 1.68. The van der Waals surface area contributed by atoms with Crippen molar-refractivity contribution >= 4 is 5.97 Å². The third kappa shape index (κ3) is 2.81. The highest BCUT2D eigenvalue weighted by Crippen LogP contribution is 2.41. The van der Waals surface area contributed by atoms with Crippen molar-refractivity contribution in [2.75, 3.05) is 6.54 Å². The quantitative estimate of drug-likeness (QED) is 0.750. The number of carboxylic acids is 1. The molecule has 0 saturated heterocycles. The molecular formula is C14H23N3O2. The Bertz CT molecular complexity index is 440. The van der Waals surface area contributed by atoms with E-state index in [2.05, 4.69) is 17.2 Å². The van der Waals surface area contributed by atoms with Crippen molar-refractivity contribution in [3.63, 3.8) is 0 Å². The fourth-order valence-corrected chi connectivity index (χ4v) is 2.64. The maximum Gasteiger partial charge on any atom is 0.326 e. The first-order valence-corrected chi connectivity index (χ1v) is 7.12. The Morgan fingerprint density at radius 1 is 1.58 bits per heavy atom. The molecule has 1 aromatic rings. The Labute approximate surface area is 114 Å². The number of imidazole rings is 1. The number of nitrogens with one attached hydrogen (secondary N) is 1. The molecular weight excluding hydrogens is 242 g/mol. The molecule has 0 radical (unpaired) electrons. The zero-order valence-corrected chi connectivity index (χ0v) is 11.7. The molecule has 1 atom stereocenters. The molecule has 0 bridgehead atoms. The Morgan fingerprint density at radius 2 is 2.32 bits per heavy atom. The molecule has 5 nitrogen and oxygen atoms in total. The van der Waals surface area contributed by atoms with Gasteiger partial charge in [-0.15, -0.1) is 0 Å². The van der Waals surface area contributed by atoms with E-state index in [-0.39, 0.29) is 5.92 Å². The summed E-state index contributed by atoms with van der Waals surface area (Å²) in [6.45, 7) is 5.30. The summed E-state index contributed by atoms with van der Waals surface area (Å²) >= 11 is 0. The molecule has 0 amide bonds. The van der Waals surface area contributed by atoms with Gasteiger partial charge in [0, 0.05) is 18.8 Å². The van der Waals surface area contributed by atoms with E-state index in [9.17, 15) is 9.90 Å². The summed E-state index contributed by atoms with van der Waals surface area (Å²) in [5.74, 6) is 0.451. The standard InChI is InChI=1S/C14H23N3O2/c1-3-7-16-14(13(18)19,11-5-6-11)10-17-9-8-15-12(17)4-2/h8-9,11,16H,3-7,10H2,1-2H3,(H,18,19). The van der Waals surface area contributed by atoms with Crippen LogP contribution in [-0.2, 0) is 17.8 Å². The maximum atomic E-state index is 11.8. The van der Waals surface area contributed by atoms with Crippen LogP contribution in [0.4, 0.5) is 0 Å². The Morgan fingerprint density at radius 3 is 2.84 bits per heavy atom. The largest absolute Gasteiger partial charge is 0.480 e. The average molecular weight is 265 g/mol. The Balaban J connectivity index is 2.23. The summed E-state index contributed by atoms with van der Waals surface area (Å²) in [6.07, 6.45) is 7.39. The molecule has 5 heteroatoms. The van der Waals surface area contributed by atoms with E-state index in [0.717, 1.165) is 38.1 Å². The highest BCUT2D eigenvalue weighted by atomic mass is 16.4. The van der Waals surface area contributed by atoms with Crippen molar-refractivity contribution in [3.8, 4) is 0 Å². The van der Waals surface area contributed by atoms with Gasteiger partial charge in [0.2, 0.25) is 0 Å². The zero-order valence-electron chi connectivity index (χ0n) is 11.7. The normalized spacial score (nSPS) is 18.2. The molecule has 2 rings (SSSR count). The number of carboxylic acid groups (broad SMARTS) is 1. The van der Waals surface area contributed by atoms with E-state index in [4.69, 9.17) is 0 Å². The van der Waals surface area contributed by atoms with Crippen LogP contribution in [0.25, 0.3) is 0 Å². The number of aliphatic carboxylic acids is 1. The van der Waals surface area contributed by atoms with Crippen LogP contribution in [-0.4, -0.2) is 32.7 Å². The lowest BCUT2D eigenvalue weighted by atomic mass is 9.92.